The van der Waals surface area contributed by atoms with Crippen molar-refractivity contribution in [3.63, 3.8) is 0 Å². The van der Waals surface area contributed by atoms with Gasteiger partial charge in [0.15, 0.2) is 6.04 Å². The number of carboxylic acids is 1. The van der Waals surface area contributed by atoms with Crippen LogP contribution in [-0.4, -0.2) is 27.5 Å². The molecule has 0 aliphatic carbocycles. The van der Waals surface area contributed by atoms with Crippen LogP contribution in [0.15, 0.2) is 24.3 Å². The first-order valence-corrected chi connectivity index (χ1v) is 4.31. The van der Waals surface area contributed by atoms with E-state index in [1.807, 2.05) is 0 Å². The summed E-state index contributed by atoms with van der Waals surface area (Å²) in [6.07, 6.45) is 0.0506. The van der Waals surface area contributed by atoms with Crippen LogP contribution >= 0.6 is 0 Å². The van der Waals surface area contributed by atoms with Gasteiger partial charge in [-0.15, -0.1) is 5.17 Å². The first-order chi connectivity index (χ1) is 7.02. The second-order valence-electron chi connectivity index (χ2n) is 3.14. The number of carboxylic acid groups (broad SMARTS) is 1. The normalized spacial score (nSPS) is 12.7. The fourth-order valence-corrected chi connectivity index (χ4v) is 1.22. The molecule has 0 heterocycles. The van der Waals surface area contributed by atoms with Crippen molar-refractivity contribution < 1.29 is 15.1 Å². The highest BCUT2D eigenvalue weighted by atomic mass is 16.5. The highest BCUT2D eigenvalue weighted by Crippen LogP contribution is 2.14. The SMILES string of the molecule is Nc1ccccc1CC(C(=O)O)N(N)O. The van der Waals surface area contributed by atoms with Crippen molar-refractivity contribution in [2.75, 3.05) is 5.73 Å². The number of nitrogens with two attached hydrogens (primary N) is 2. The third-order valence-electron chi connectivity index (χ3n) is 2.07. The average molecular weight is 211 g/mol. The van der Waals surface area contributed by atoms with Crippen molar-refractivity contribution in [2.24, 2.45) is 5.84 Å². The molecule has 1 aromatic rings. The van der Waals surface area contributed by atoms with Gasteiger partial charge in [-0.1, -0.05) is 18.2 Å². The third-order valence-corrected chi connectivity index (χ3v) is 2.07. The summed E-state index contributed by atoms with van der Waals surface area (Å²) in [6, 6.07) is 5.63. The molecule has 6 heteroatoms. The summed E-state index contributed by atoms with van der Waals surface area (Å²) in [6.45, 7) is 0. The number of hydrogen-bond acceptors (Lipinski definition) is 5. The molecule has 82 valence electrons. The highest BCUT2D eigenvalue weighted by Gasteiger charge is 2.23. The summed E-state index contributed by atoms with van der Waals surface area (Å²) in [5.74, 6) is 3.80. The number of nitrogens with zero attached hydrogens (tertiary/aromatic N) is 1. The molecule has 0 bridgehead atoms. The van der Waals surface area contributed by atoms with Crippen molar-refractivity contribution in [2.45, 2.75) is 12.5 Å². The number of hydroxylamine groups is 1. The lowest BCUT2D eigenvalue weighted by atomic mass is 10.0. The number of benzene rings is 1. The van der Waals surface area contributed by atoms with E-state index >= 15 is 0 Å². The van der Waals surface area contributed by atoms with Crippen molar-refractivity contribution >= 4 is 11.7 Å². The Morgan fingerprint density at radius 3 is 2.53 bits per heavy atom. The average Bonchev–Trinajstić information content (AvgIpc) is 2.15. The summed E-state index contributed by atoms with van der Waals surface area (Å²) in [4.78, 5) is 10.7. The molecule has 1 rings (SSSR count). The fourth-order valence-electron chi connectivity index (χ4n) is 1.22. The molecular weight excluding hydrogens is 198 g/mol. The number of para-hydroxylation sites is 1. The molecule has 0 radical (unpaired) electrons. The molecule has 0 spiro atoms. The first-order valence-electron chi connectivity index (χ1n) is 4.31. The first kappa shape index (κ1) is 11.4. The van der Waals surface area contributed by atoms with Crippen LogP contribution in [0.2, 0.25) is 0 Å². The van der Waals surface area contributed by atoms with Crippen molar-refractivity contribution in [3.05, 3.63) is 29.8 Å². The van der Waals surface area contributed by atoms with Gasteiger partial charge in [0, 0.05) is 12.1 Å². The molecule has 1 aromatic carbocycles. The maximum Gasteiger partial charge on any atom is 0.325 e. The predicted octanol–water partition coefficient (Wildman–Crippen LogP) is -0.171. The van der Waals surface area contributed by atoms with E-state index in [0.717, 1.165) is 0 Å². The molecule has 6 N–H and O–H groups in total. The number of hydrogen-bond donors (Lipinski definition) is 4. The maximum absolute atomic E-state index is 10.7. The molecule has 6 nitrogen and oxygen atoms in total. The molecule has 0 amide bonds. The monoisotopic (exact) mass is 211 g/mol. The lowest BCUT2D eigenvalue weighted by molar-refractivity contribution is -0.170. The van der Waals surface area contributed by atoms with Crippen LogP contribution in [0.25, 0.3) is 0 Å². The standard InChI is InChI=1S/C9H13N3O3/c10-7-4-2-1-3-6(7)5-8(9(13)14)12(11)15/h1-4,8,15H,5,10-11H2,(H,13,14). The van der Waals surface area contributed by atoms with Gasteiger partial charge in [-0.2, -0.15) is 0 Å². The molecule has 15 heavy (non-hydrogen) atoms. The van der Waals surface area contributed by atoms with Gasteiger partial charge in [-0.3, -0.25) is 10.0 Å². The maximum atomic E-state index is 10.7. The Hall–Kier alpha value is -1.63. The molecule has 0 saturated carbocycles. The number of nitrogen functional groups attached to an aromatic ring is 1. The highest BCUT2D eigenvalue weighted by molar-refractivity contribution is 5.74. The van der Waals surface area contributed by atoms with Crippen LogP contribution in [0.3, 0.4) is 0 Å². The largest absolute Gasteiger partial charge is 0.480 e. The van der Waals surface area contributed by atoms with E-state index in [4.69, 9.17) is 21.9 Å². The summed E-state index contributed by atoms with van der Waals surface area (Å²) in [5, 5.41) is 17.9. The number of hydrazine groups is 1. The van der Waals surface area contributed by atoms with Gasteiger partial charge in [0.05, 0.1) is 0 Å². The van der Waals surface area contributed by atoms with Crippen LogP contribution in [0, 0.1) is 0 Å². The van der Waals surface area contributed by atoms with Gasteiger partial charge in [0.25, 0.3) is 0 Å². The minimum absolute atomic E-state index is 0.0506. The minimum Gasteiger partial charge on any atom is -0.480 e. The Bertz CT molecular complexity index is 354. The summed E-state index contributed by atoms with van der Waals surface area (Å²) in [5.41, 5.74) is 6.75. The van der Waals surface area contributed by atoms with Gasteiger partial charge in [0.2, 0.25) is 0 Å². The summed E-state index contributed by atoms with van der Waals surface area (Å²) in [7, 11) is 0. The zero-order chi connectivity index (χ0) is 11.4. The molecule has 0 aromatic heterocycles. The van der Waals surface area contributed by atoms with Crippen LogP contribution in [0.5, 0.6) is 0 Å². The number of anilines is 1. The zero-order valence-corrected chi connectivity index (χ0v) is 8.00. The van der Waals surface area contributed by atoms with Crippen molar-refractivity contribution in [3.8, 4) is 0 Å². The van der Waals surface area contributed by atoms with Gasteiger partial charge in [0.1, 0.15) is 0 Å². The van der Waals surface area contributed by atoms with E-state index in [-0.39, 0.29) is 11.6 Å². The number of aliphatic carboxylic acids is 1. The van der Waals surface area contributed by atoms with Crippen molar-refractivity contribution in [1.82, 2.24) is 5.17 Å². The predicted molar refractivity (Wildman–Crippen MR) is 53.8 cm³/mol. The van der Waals surface area contributed by atoms with Crippen molar-refractivity contribution in [1.29, 1.82) is 0 Å². The van der Waals surface area contributed by atoms with Gasteiger partial charge >= 0.3 is 5.97 Å². The quantitative estimate of drug-likeness (QED) is 0.312. The second-order valence-corrected chi connectivity index (χ2v) is 3.14. The van der Waals surface area contributed by atoms with Crippen LogP contribution in [0.1, 0.15) is 5.56 Å². The smallest absolute Gasteiger partial charge is 0.325 e. The topological polar surface area (TPSA) is 113 Å². The molecule has 0 aliphatic rings. The van der Waals surface area contributed by atoms with Crippen LogP contribution in [0.4, 0.5) is 5.69 Å². The van der Waals surface area contributed by atoms with Crippen LogP contribution in [-0.2, 0) is 11.2 Å². The summed E-state index contributed by atoms with van der Waals surface area (Å²) < 4.78 is 0. The Labute approximate surface area is 86.6 Å². The number of carbonyl (C=O) groups is 1. The third kappa shape index (κ3) is 2.91. The minimum atomic E-state index is -1.21. The van der Waals surface area contributed by atoms with E-state index in [1.54, 1.807) is 24.3 Å². The Kier molecular flexibility index (Phi) is 3.62. The number of rotatable bonds is 4. The molecule has 0 aliphatic heterocycles. The molecule has 1 atom stereocenters. The van der Waals surface area contributed by atoms with E-state index < -0.39 is 12.0 Å². The summed E-state index contributed by atoms with van der Waals surface area (Å²) >= 11 is 0. The Balaban J connectivity index is 2.84. The van der Waals surface area contributed by atoms with Gasteiger partial charge in [-0.25, -0.2) is 5.84 Å². The fraction of sp³-hybridized carbons (Fsp3) is 0.222. The Morgan fingerprint density at radius 1 is 1.47 bits per heavy atom. The lowest BCUT2D eigenvalue weighted by Gasteiger charge is -2.18. The molecule has 0 fully saturated rings. The second kappa shape index (κ2) is 4.74. The molecule has 0 saturated heterocycles. The molecular formula is C9H13N3O3. The zero-order valence-electron chi connectivity index (χ0n) is 8.00. The van der Waals surface area contributed by atoms with E-state index in [2.05, 4.69) is 0 Å². The lowest BCUT2D eigenvalue weighted by Crippen LogP contribution is -2.45. The van der Waals surface area contributed by atoms with E-state index in [0.29, 0.717) is 11.3 Å². The van der Waals surface area contributed by atoms with E-state index in [1.165, 1.54) is 0 Å². The van der Waals surface area contributed by atoms with Gasteiger partial charge in [-0.05, 0) is 11.6 Å². The Morgan fingerprint density at radius 2 is 2.07 bits per heavy atom. The van der Waals surface area contributed by atoms with E-state index in [9.17, 15) is 4.79 Å². The van der Waals surface area contributed by atoms with Crippen LogP contribution < -0.4 is 11.6 Å². The van der Waals surface area contributed by atoms with Gasteiger partial charge < -0.3 is 10.8 Å². The molecule has 1 unspecified atom stereocenters.